The number of carbonyl (C=O) groups is 1. The van der Waals surface area contributed by atoms with Crippen molar-refractivity contribution in [2.75, 3.05) is 13.6 Å². The summed E-state index contributed by atoms with van der Waals surface area (Å²) in [5.41, 5.74) is 5.57. The highest BCUT2D eigenvalue weighted by atomic mass is 16.4. The van der Waals surface area contributed by atoms with Crippen LogP contribution in [0.3, 0.4) is 0 Å². The summed E-state index contributed by atoms with van der Waals surface area (Å²) in [5, 5.41) is 11.7. The van der Waals surface area contributed by atoms with Crippen LogP contribution in [0.1, 0.15) is 33.1 Å². The molecule has 0 aliphatic heterocycles. The summed E-state index contributed by atoms with van der Waals surface area (Å²) < 4.78 is 0. The number of amides is 1. The normalized spacial score (nSPS) is 25.5. The summed E-state index contributed by atoms with van der Waals surface area (Å²) in [7, 11) is 1.79. The molecule has 1 rings (SSSR count). The van der Waals surface area contributed by atoms with Gasteiger partial charge in [0.05, 0.1) is 5.92 Å². The first-order valence-electron chi connectivity index (χ1n) is 6.23. The Kier molecular flexibility index (Phi) is 4.78. The van der Waals surface area contributed by atoms with E-state index in [2.05, 4.69) is 12.1 Å². The van der Waals surface area contributed by atoms with E-state index in [-0.39, 0.29) is 11.7 Å². The lowest BCUT2D eigenvalue weighted by molar-refractivity contribution is -0.132. The van der Waals surface area contributed by atoms with Gasteiger partial charge < -0.3 is 15.8 Å². The molecule has 5 heteroatoms. The molecule has 0 aromatic rings. The highest BCUT2D eigenvalue weighted by molar-refractivity contribution is 6.01. The van der Waals surface area contributed by atoms with Crippen LogP contribution in [-0.2, 0) is 4.79 Å². The van der Waals surface area contributed by atoms with Gasteiger partial charge in [0.2, 0.25) is 5.91 Å². The lowest BCUT2D eigenvalue weighted by Crippen LogP contribution is -2.41. The minimum Gasteiger partial charge on any atom is -0.409 e. The predicted octanol–water partition coefficient (Wildman–Crippen LogP) is 1.26. The van der Waals surface area contributed by atoms with E-state index in [0.717, 1.165) is 18.9 Å². The fraction of sp³-hybridized carbons (Fsp3) is 0.833. The molecule has 3 unspecified atom stereocenters. The molecule has 98 valence electrons. The van der Waals surface area contributed by atoms with Crippen LogP contribution < -0.4 is 5.73 Å². The number of amidine groups is 1. The average molecular weight is 241 g/mol. The van der Waals surface area contributed by atoms with E-state index < -0.39 is 5.92 Å². The van der Waals surface area contributed by atoms with Gasteiger partial charge in [-0.15, -0.1) is 0 Å². The van der Waals surface area contributed by atoms with Crippen molar-refractivity contribution in [1.82, 2.24) is 4.90 Å². The second-order valence-electron chi connectivity index (χ2n) is 5.06. The van der Waals surface area contributed by atoms with Gasteiger partial charge in [-0.25, -0.2) is 0 Å². The van der Waals surface area contributed by atoms with Crippen LogP contribution in [0.4, 0.5) is 0 Å². The highest BCUT2D eigenvalue weighted by Gasteiger charge is 2.35. The quantitative estimate of drug-likeness (QED) is 0.318. The monoisotopic (exact) mass is 241 g/mol. The summed E-state index contributed by atoms with van der Waals surface area (Å²) in [6.07, 6.45) is 2.65. The van der Waals surface area contributed by atoms with Crippen molar-refractivity contribution in [3.8, 4) is 0 Å². The van der Waals surface area contributed by atoms with Gasteiger partial charge in [0.1, 0.15) is 0 Å². The maximum atomic E-state index is 12.2. The van der Waals surface area contributed by atoms with E-state index in [1.807, 2.05) is 6.92 Å². The van der Waals surface area contributed by atoms with Gasteiger partial charge in [0.25, 0.3) is 0 Å². The van der Waals surface area contributed by atoms with Crippen molar-refractivity contribution >= 4 is 11.7 Å². The van der Waals surface area contributed by atoms with E-state index in [1.54, 1.807) is 11.9 Å². The highest BCUT2D eigenvalue weighted by Crippen LogP contribution is 2.38. The number of rotatable bonds is 6. The zero-order valence-electron chi connectivity index (χ0n) is 10.9. The predicted molar refractivity (Wildman–Crippen MR) is 66.7 cm³/mol. The maximum Gasteiger partial charge on any atom is 0.233 e. The molecule has 0 spiro atoms. The first-order valence-corrected chi connectivity index (χ1v) is 6.23. The number of oxime groups is 1. The standard InChI is InChI=1S/C12H23N3O2/c1-4-5-10(11(13)14-17)12(16)15(3)7-9-6-8(9)2/h8-10,17H,4-7H2,1-3H3,(H2,13,14). The van der Waals surface area contributed by atoms with Crippen molar-refractivity contribution in [3.05, 3.63) is 0 Å². The molecule has 3 N–H and O–H groups in total. The molecular weight excluding hydrogens is 218 g/mol. The van der Waals surface area contributed by atoms with E-state index >= 15 is 0 Å². The molecule has 3 atom stereocenters. The molecule has 17 heavy (non-hydrogen) atoms. The lowest BCUT2D eigenvalue weighted by Gasteiger charge is -2.22. The van der Waals surface area contributed by atoms with Crippen LogP contribution in [0.15, 0.2) is 5.16 Å². The Bertz CT molecular complexity index is 304. The van der Waals surface area contributed by atoms with Crippen LogP contribution in [-0.4, -0.2) is 35.4 Å². The van der Waals surface area contributed by atoms with Crippen molar-refractivity contribution in [2.45, 2.75) is 33.1 Å². The Balaban J connectivity index is 2.56. The van der Waals surface area contributed by atoms with Gasteiger partial charge in [0, 0.05) is 13.6 Å². The minimum absolute atomic E-state index is 0.0209. The second-order valence-corrected chi connectivity index (χ2v) is 5.06. The SMILES string of the molecule is CCCC(C(=O)N(C)CC1CC1C)C(N)=NO. The van der Waals surface area contributed by atoms with Crippen LogP contribution in [0.2, 0.25) is 0 Å². The summed E-state index contributed by atoms with van der Waals surface area (Å²) in [4.78, 5) is 13.9. The Morgan fingerprint density at radius 2 is 2.24 bits per heavy atom. The van der Waals surface area contributed by atoms with Crippen LogP contribution >= 0.6 is 0 Å². The Morgan fingerprint density at radius 3 is 2.65 bits per heavy atom. The van der Waals surface area contributed by atoms with Crippen molar-refractivity contribution in [2.24, 2.45) is 28.6 Å². The third kappa shape index (κ3) is 3.61. The van der Waals surface area contributed by atoms with Gasteiger partial charge in [-0.2, -0.15) is 0 Å². The van der Waals surface area contributed by atoms with E-state index in [4.69, 9.17) is 10.9 Å². The third-order valence-electron chi connectivity index (χ3n) is 3.51. The molecule has 5 nitrogen and oxygen atoms in total. The fourth-order valence-electron chi connectivity index (χ4n) is 2.12. The second kappa shape index (κ2) is 5.89. The molecule has 0 saturated heterocycles. The van der Waals surface area contributed by atoms with Crippen LogP contribution in [0.25, 0.3) is 0 Å². The van der Waals surface area contributed by atoms with Gasteiger partial charge in [-0.05, 0) is 24.7 Å². The number of hydrogen-bond acceptors (Lipinski definition) is 3. The van der Waals surface area contributed by atoms with Crippen LogP contribution in [0, 0.1) is 17.8 Å². The molecule has 1 aliphatic rings. The third-order valence-corrected chi connectivity index (χ3v) is 3.51. The fourth-order valence-corrected chi connectivity index (χ4v) is 2.12. The summed E-state index contributed by atoms with van der Waals surface area (Å²) in [6.45, 7) is 4.95. The molecule has 0 bridgehead atoms. The molecule has 0 aromatic carbocycles. The number of hydrogen-bond donors (Lipinski definition) is 2. The first-order chi connectivity index (χ1) is 8.01. The molecular formula is C12H23N3O2. The van der Waals surface area contributed by atoms with Gasteiger partial charge in [0.15, 0.2) is 5.84 Å². The van der Waals surface area contributed by atoms with Crippen molar-refractivity contribution in [1.29, 1.82) is 0 Å². The largest absolute Gasteiger partial charge is 0.409 e. The van der Waals surface area contributed by atoms with E-state index in [9.17, 15) is 4.79 Å². The zero-order chi connectivity index (χ0) is 13.0. The van der Waals surface area contributed by atoms with E-state index in [0.29, 0.717) is 12.3 Å². The lowest BCUT2D eigenvalue weighted by atomic mass is 10.0. The number of carbonyl (C=O) groups excluding carboxylic acids is 1. The smallest absolute Gasteiger partial charge is 0.233 e. The Hall–Kier alpha value is -1.26. The van der Waals surface area contributed by atoms with Crippen LogP contribution in [0.5, 0.6) is 0 Å². The Morgan fingerprint density at radius 1 is 1.65 bits per heavy atom. The van der Waals surface area contributed by atoms with Crippen molar-refractivity contribution in [3.63, 3.8) is 0 Å². The number of nitrogens with two attached hydrogens (primary N) is 1. The van der Waals surface area contributed by atoms with Gasteiger partial charge >= 0.3 is 0 Å². The van der Waals surface area contributed by atoms with E-state index in [1.165, 1.54) is 6.42 Å². The molecule has 1 aliphatic carbocycles. The topological polar surface area (TPSA) is 78.9 Å². The minimum atomic E-state index is -0.482. The molecule has 0 heterocycles. The Labute approximate surface area is 103 Å². The summed E-state index contributed by atoms with van der Waals surface area (Å²) in [5.74, 6) is 0.843. The van der Waals surface area contributed by atoms with Gasteiger partial charge in [-0.1, -0.05) is 25.4 Å². The molecule has 0 aromatic heterocycles. The molecule has 1 fully saturated rings. The average Bonchev–Trinajstić information content (AvgIpc) is 2.99. The van der Waals surface area contributed by atoms with Crippen molar-refractivity contribution < 1.29 is 10.0 Å². The molecule has 1 amide bonds. The number of nitrogens with zero attached hydrogens (tertiary/aromatic N) is 2. The summed E-state index contributed by atoms with van der Waals surface area (Å²) in [6, 6.07) is 0. The summed E-state index contributed by atoms with van der Waals surface area (Å²) >= 11 is 0. The molecule has 0 radical (unpaired) electrons. The first kappa shape index (κ1) is 13.8. The zero-order valence-corrected chi connectivity index (χ0v) is 10.9. The molecule has 1 saturated carbocycles. The van der Waals surface area contributed by atoms with Gasteiger partial charge in [-0.3, -0.25) is 4.79 Å². The maximum absolute atomic E-state index is 12.2.